The van der Waals surface area contributed by atoms with E-state index in [4.69, 9.17) is 15.7 Å². The van der Waals surface area contributed by atoms with Crippen LogP contribution in [0, 0.1) is 11.8 Å². The SMILES string of the molecule is CCC(C(=O)NCCC1CCOC1)C(N)=NO. The molecule has 2 atom stereocenters. The van der Waals surface area contributed by atoms with Crippen LogP contribution < -0.4 is 11.1 Å². The predicted molar refractivity (Wildman–Crippen MR) is 63.7 cm³/mol. The molecule has 2 unspecified atom stereocenters. The Morgan fingerprint density at radius 3 is 3.00 bits per heavy atom. The van der Waals surface area contributed by atoms with Gasteiger partial charge in [0.05, 0.1) is 5.92 Å². The van der Waals surface area contributed by atoms with Gasteiger partial charge in [0.2, 0.25) is 5.91 Å². The monoisotopic (exact) mass is 243 g/mol. The quantitative estimate of drug-likeness (QED) is 0.270. The molecular formula is C11H21N3O3. The second-order valence-electron chi connectivity index (χ2n) is 4.30. The summed E-state index contributed by atoms with van der Waals surface area (Å²) in [5.74, 6) is -0.213. The van der Waals surface area contributed by atoms with Crippen LogP contribution in [0.5, 0.6) is 0 Å². The van der Waals surface area contributed by atoms with E-state index in [1.165, 1.54) is 0 Å². The third-order valence-corrected chi connectivity index (χ3v) is 3.07. The number of hydrogen-bond acceptors (Lipinski definition) is 4. The molecule has 0 aromatic carbocycles. The van der Waals surface area contributed by atoms with Crippen LogP contribution in [0.2, 0.25) is 0 Å². The Kier molecular flexibility index (Phi) is 5.76. The first-order chi connectivity index (χ1) is 8.19. The third kappa shape index (κ3) is 4.22. The molecule has 0 aromatic heterocycles. The normalized spacial score (nSPS) is 22.4. The van der Waals surface area contributed by atoms with Gasteiger partial charge in [0, 0.05) is 19.8 Å². The topological polar surface area (TPSA) is 96.9 Å². The Labute approximate surface area is 101 Å². The number of rotatable bonds is 6. The Balaban J connectivity index is 2.27. The van der Waals surface area contributed by atoms with Gasteiger partial charge < -0.3 is 21.0 Å². The summed E-state index contributed by atoms with van der Waals surface area (Å²) in [4.78, 5) is 11.7. The van der Waals surface area contributed by atoms with Crippen LogP contribution in [0.1, 0.15) is 26.2 Å². The zero-order valence-electron chi connectivity index (χ0n) is 10.2. The molecular weight excluding hydrogens is 222 g/mol. The van der Waals surface area contributed by atoms with Crippen LogP contribution in [0.3, 0.4) is 0 Å². The van der Waals surface area contributed by atoms with Crippen molar-refractivity contribution in [3.63, 3.8) is 0 Å². The zero-order chi connectivity index (χ0) is 12.7. The minimum Gasteiger partial charge on any atom is -0.409 e. The summed E-state index contributed by atoms with van der Waals surface area (Å²) in [7, 11) is 0. The predicted octanol–water partition coefficient (Wildman–Crippen LogP) is 0.302. The van der Waals surface area contributed by atoms with E-state index in [-0.39, 0.29) is 11.7 Å². The average Bonchev–Trinajstić information content (AvgIpc) is 2.82. The number of amides is 1. The van der Waals surface area contributed by atoms with E-state index >= 15 is 0 Å². The van der Waals surface area contributed by atoms with Crippen LogP contribution in [-0.2, 0) is 9.53 Å². The van der Waals surface area contributed by atoms with Gasteiger partial charge in [0.15, 0.2) is 5.84 Å². The van der Waals surface area contributed by atoms with Crippen LogP contribution in [-0.4, -0.2) is 36.7 Å². The molecule has 0 bridgehead atoms. The summed E-state index contributed by atoms with van der Waals surface area (Å²) >= 11 is 0. The number of oxime groups is 1. The highest BCUT2D eigenvalue weighted by molar-refractivity contribution is 6.01. The lowest BCUT2D eigenvalue weighted by atomic mass is 10.0. The first-order valence-corrected chi connectivity index (χ1v) is 6.01. The Morgan fingerprint density at radius 1 is 1.71 bits per heavy atom. The standard InChI is InChI=1S/C11H21N3O3/c1-2-9(10(12)14-16)11(15)13-5-3-8-4-6-17-7-8/h8-9,16H,2-7H2,1H3,(H2,12,14)(H,13,15). The van der Waals surface area contributed by atoms with Crippen molar-refractivity contribution in [2.45, 2.75) is 26.2 Å². The third-order valence-electron chi connectivity index (χ3n) is 3.07. The Hall–Kier alpha value is -1.30. The first kappa shape index (κ1) is 13.8. The summed E-state index contributed by atoms with van der Waals surface area (Å²) in [5.41, 5.74) is 5.44. The molecule has 1 heterocycles. The maximum absolute atomic E-state index is 11.7. The fourth-order valence-corrected chi connectivity index (χ4v) is 1.93. The first-order valence-electron chi connectivity index (χ1n) is 6.01. The molecule has 0 aromatic rings. The van der Waals surface area contributed by atoms with Gasteiger partial charge in [-0.2, -0.15) is 0 Å². The molecule has 1 saturated heterocycles. The summed E-state index contributed by atoms with van der Waals surface area (Å²) in [6, 6.07) is 0. The van der Waals surface area contributed by atoms with E-state index in [0.29, 0.717) is 18.9 Å². The number of amidine groups is 1. The highest BCUT2D eigenvalue weighted by atomic mass is 16.5. The number of nitrogens with two attached hydrogens (primary N) is 1. The summed E-state index contributed by atoms with van der Waals surface area (Å²) in [6.45, 7) is 4.04. The van der Waals surface area contributed by atoms with E-state index in [9.17, 15) is 4.79 Å². The van der Waals surface area contributed by atoms with Crippen molar-refractivity contribution >= 4 is 11.7 Å². The van der Waals surface area contributed by atoms with Gasteiger partial charge in [0.25, 0.3) is 0 Å². The van der Waals surface area contributed by atoms with Crippen molar-refractivity contribution in [2.75, 3.05) is 19.8 Å². The molecule has 1 aliphatic rings. The molecule has 17 heavy (non-hydrogen) atoms. The molecule has 6 nitrogen and oxygen atoms in total. The molecule has 1 fully saturated rings. The number of carbonyl (C=O) groups is 1. The van der Waals surface area contributed by atoms with E-state index < -0.39 is 5.92 Å². The number of nitrogens with zero attached hydrogens (tertiary/aromatic N) is 1. The smallest absolute Gasteiger partial charge is 0.230 e. The van der Waals surface area contributed by atoms with Crippen LogP contribution >= 0.6 is 0 Å². The van der Waals surface area contributed by atoms with Gasteiger partial charge in [-0.05, 0) is 25.2 Å². The second-order valence-corrected chi connectivity index (χ2v) is 4.30. The fourth-order valence-electron chi connectivity index (χ4n) is 1.93. The molecule has 4 N–H and O–H groups in total. The van der Waals surface area contributed by atoms with Crippen molar-refractivity contribution in [1.29, 1.82) is 0 Å². The molecule has 0 spiro atoms. The largest absolute Gasteiger partial charge is 0.409 e. The molecule has 1 aliphatic heterocycles. The number of hydrogen-bond donors (Lipinski definition) is 3. The van der Waals surface area contributed by atoms with Crippen molar-refractivity contribution in [2.24, 2.45) is 22.7 Å². The van der Waals surface area contributed by atoms with Gasteiger partial charge in [-0.15, -0.1) is 0 Å². The minimum absolute atomic E-state index is 0.0331. The van der Waals surface area contributed by atoms with E-state index in [1.54, 1.807) is 0 Å². The van der Waals surface area contributed by atoms with Gasteiger partial charge in [0.1, 0.15) is 0 Å². The van der Waals surface area contributed by atoms with Gasteiger partial charge >= 0.3 is 0 Å². The van der Waals surface area contributed by atoms with Gasteiger partial charge in [-0.25, -0.2) is 0 Å². The van der Waals surface area contributed by atoms with E-state index in [1.807, 2.05) is 6.92 Å². The van der Waals surface area contributed by atoms with Crippen molar-refractivity contribution in [3.8, 4) is 0 Å². The Morgan fingerprint density at radius 2 is 2.47 bits per heavy atom. The van der Waals surface area contributed by atoms with Crippen LogP contribution in [0.25, 0.3) is 0 Å². The minimum atomic E-state index is -0.542. The summed E-state index contributed by atoms with van der Waals surface area (Å²) in [6.07, 6.45) is 2.50. The number of nitrogens with one attached hydrogen (secondary N) is 1. The van der Waals surface area contributed by atoms with Crippen molar-refractivity contribution in [1.82, 2.24) is 5.32 Å². The number of carbonyl (C=O) groups excluding carboxylic acids is 1. The highest BCUT2D eigenvalue weighted by Crippen LogP contribution is 2.15. The van der Waals surface area contributed by atoms with Crippen LogP contribution in [0.15, 0.2) is 5.16 Å². The van der Waals surface area contributed by atoms with E-state index in [0.717, 1.165) is 26.1 Å². The summed E-state index contributed by atoms with van der Waals surface area (Å²) < 4.78 is 5.25. The molecule has 0 aliphatic carbocycles. The zero-order valence-corrected chi connectivity index (χ0v) is 10.2. The molecule has 98 valence electrons. The fraction of sp³-hybridized carbons (Fsp3) is 0.818. The molecule has 1 rings (SSSR count). The maximum atomic E-state index is 11.7. The highest BCUT2D eigenvalue weighted by Gasteiger charge is 2.21. The molecule has 0 radical (unpaired) electrons. The lowest BCUT2D eigenvalue weighted by molar-refractivity contribution is -0.123. The van der Waals surface area contributed by atoms with Crippen molar-refractivity contribution < 1.29 is 14.7 Å². The Bertz CT molecular complexity index is 275. The van der Waals surface area contributed by atoms with Gasteiger partial charge in [-0.3, -0.25) is 4.79 Å². The molecule has 1 amide bonds. The second kappa shape index (κ2) is 7.11. The molecule has 6 heteroatoms. The number of ether oxygens (including phenoxy) is 1. The average molecular weight is 243 g/mol. The van der Waals surface area contributed by atoms with Crippen molar-refractivity contribution in [3.05, 3.63) is 0 Å². The maximum Gasteiger partial charge on any atom is 0.230 e. The van der Waals surface area contributed by atoms with Crippen LogP contribution in [0.4, 0.5) is 0 Å². The van der Waals surface area contributed by atoms with E-state index in [2.05, 4.69) is 10.5 Å². The lowest BCUT2D eigenvalue weighted by Gasteiger charge is -2.14. The van der Waals surface area contributed by atoms with Gasteiger partial charge in [-0.1, -0.05) is 12.1 Å². The lowest BCUT2D eigenvalue weighted by Crippen LogP contribution is -2.39. The summed E-state index contributed by atoms with van der Waals surface area (Å²) in [5, 5.41) is 14.2. The molecule has 0 saturated carbocycles.